The maximum atomic E-state index is 13.3. The quantitative estimate of drug-likeness (QED) is 0.464. The van der Waals surface area contributed by atoms with E-state index in [1.54, 1.807) is 30.3 Å². The van der Waals surface area contributed by atoms with Gasteiger partial charge in [-0.15, -0.1) is 0 Å². The molecule has 178 valence electrons. The lowest BCUT2D eigenvalue weighted by Crippen LogP contribution is -2.26. The molecule has 1 amide bonds. The fraction of sp³-hybridized carbons (Fsp3) is 0.375. The number of benzene rings is 2. The van der Waals surface area contributed by atoms with Gasteiger partial charge in [0.15, 0.2) is 21.1 Å². The van der Waals surface area contributed by atoms with Gasteiger partial charge in [-0.25, -0.2) is 18.2 Å². The van der Waals surface area contributed by atoms with Crippen LogP contribution in [0.5, 0.6) is 0 Å². The van der Waals surface area contributed by atoms with Gasteiger partial charge in [-0.1, -0.05) is 36.3 Å². The first-order valence-corrected chi connectivity index (χ1v) is 13.6. The fourth-order valence-electron chi connectivity index (χ4n) is 4.19. The normalized spacial score (nSPS) is 17.6. The summed E-state index contributed by atoms with van der Waals surface area (Å²) in [4.78, 5) is 29.2. The monoisotopic (exact) mass is 500 g/mol. The number of aromatic carboxylic acids is 1. The third-order valence-corrected chi connectivity index (χ3v) is 9.42. The lowest BCUT2D eigenvalue weighted by Gasteiger charge is -2.21. The summed E-state index contributed by atoms with van der Waals surface area (Å²) in [6, 6.07) is 11.0. The number of thiazole rings is 1. The van der Waals surface area contributed by atoms with E-state index in [2.05, 4.69) is 10.3 Å². The molecule has 3 aromatic rings. The summed E-state index contributed by atoms with van der Waals surface area (Å²) < 4.78 is 31.9. The number of carbonyl (C=O) groups is 2. The van der Waals surface area contributed by atoms with Crippen LogP contribution in [0.3, 0.4) is 0 Å². The Bertz CT molecular complexity index is 1340. The lowest BCUT2D eigenvalue weighted by atomic mass is 10.1. The Labute approximate surface area is 200 Å². The number of carboxylic acids is 1. The first-order valence-electron chi connectivity index (χ1n) is 11.3. The van der Waals surface area contributed by atoms with E-state index in [-0.39, 0.29) is 21.8 Å². The van der Waals surface area contributed by atoms with Gasteiger partial charge in [0, 0.05) is 0 Å². The van der Waals surface area contributed by atoms with Crippen LogP contribution in [0.15, 0.2) is 47.4 Å². The summed E-state index contributed by atoms with van der Waals surface area (Å²) in [6.45, 7) is 0. The van der Waals surface area contributed by atoms with E-state index >= 15 is 0 Å². The Morgan fingerprint density at radius 2 is 1.76 bits per heavy atom. The van der Waals surface area contributed by atoms with Crippen LogP contribution in [-0.4, -0.2) is 41.7 Å². The summed E-state index contributed by atoms with van der Waals surface area (Å²) in [5.74, 6) is -1.43. The number of nitrogens with one attached hydrogen (secondary N) is 1. The van der Waals surface area contributed by atoms with Crippen molar-refractivity contribution in [1.82, 2.24) is 4.98 Å². The molecule has 2 aliphatic rings. The number of carboxylic acid groups (broad SMARTS) is 1. The molecule has 1 aromatic heterocycles. The van der Waals surface area contributed by atoms with E-state index in [0.717, 1.165) is 25.7 Å². The Hall–Kier alpha value is -2.82. The number of ether oxygens (including phenoxy) is 1. The van der Waals surface area contributed by atoms with Gasteiger partial charge in [-0.3, -0.25) is 10.1 Å². The molecule has 0 radical (unpaired) electrons. The van der Waals surface area contributed by atoms with Crippen molar-refractivity contribution in [2.45, 2.75) is 60.9 Å². The van der Waals surface area contributed by atoms with Crippen molar-refractivity contribution < 1.29 is 27.9 Å². The molecular formula is C24H24N2O6S2. The highest BCUT2D eigenvalue weighted by Gasteiger charge is 2.37. The molecule has 1 unspecified atom stereocenters. The smallest absolute Gasteiger partial charge is 0.335 e. The first-order chi connectivity index (χ1) is 16.3. The van der Waals surface area contributed by atoms with Gasteiger partial charge >= 0.3 is 5.97 Å². The number of hydrogen-bond acceptors (Lipinski definition) is 7. The first kappa shape index (κ1) is 22.9. The summed E-state index contributed by atoms with van der Waals surface area (Å²) in [7, 11) is -3.32. The van der Waals surface area contributed by atoms with Crippen molar-refractivity contribution in [3.8, 4) is 0 Å². The van der Waals surface area contributed by atoms with Crippen LogP contribution < -0.4 is 5.32 Å². The number of sulfone groups is 1. The third-order valence-electron chi connectivity index (χ3n) is 6.21. The second-order valence-corrected chi connectivity index (χ2v) is 12.0. The molecule has 1 atom stereocenters. The highest BCUT2D eigenvalue weighted by molar-refractivity contribution is 7.92. The van der Waals surface area contributed by atoms with Gasteiger partial charge < -0.3 is 9.84 Å². The number of amides is 1. The zero-order chi connectivity index (χ0) is 23.9. The molecule has 2 aliphatic carbocycles. The number of hydrogen-bond donors (Lipinski definition) is 2. The van der Waals surface area contributed by atoms with Gasteiger partial charge in [-0.05, 0) is 61.6 Å². The van der Waals surface area contributed by atoms with E-state index in [4.69, 9.17) is 4.74 Å². The van der Waals surface area contributed by atoms with Gasteiger partial charge in [0.25, 0.3) is 5.91 Å². The predicted molar refractivity (Wildman–Crippen MR) is 128 cm³/mol. The Morgan fingerprint density at radius 1 is 1.06 bits per heavy atom. The van der Waals surface area contributed by atoms with Gasteiger partial charge in [-0.2, -0.15) is 0 Å². The average Bonchev–Trinajstić information content (AvgIpc) is 3.42. The average molecular weight is 501 g/mol. The molecule has 34 heavy (non-hydrogen) atoms. The predicted octanol–water partition coefficient (Wildman–Crippen LogP) is 4.57. The van der Waals surface area contributed by atoms with Crippen LogP contribution in [0.2, 0.25) is 0 Å². The second-order valence-electron chi connectivity index (χ2n) is 8.73. The number of rotatable bonds is 8. The molecule has 2 fully saturated rings. The zero-order valence-electron chi connectivity index (χ0n) is 18.3. The SMILES string of the molecule is O=C(O)c1ccc2nc(NC(=O)C(OC3CCCC3)c3ccc(S(=O)(=O)C4CC4)cc3)sc2c1. The molecule has 0 bridgehead atoms. The van der Waals surface area contributed by atoms with Crippen molar-refractivity contribution in [1.29, 1.82) is 0 Å². The minimum Gasteiger partial charge on any atom is -0.478 e. The maximum Gasteiger partial charge on any atom is 0.335 e. The summed E-state index contributed by atoms with van der Waals surface area (Å²) in [5.41, 5.74) is 1.32. The van der Waals surface area contributed by atoms with Crippen LogP contribution >= 0.6 is 11.3 Å². The van der Waals surface area contributed by atoms with Crippen molar-refractivity contribution in [2.24, 2.45) is 0 Å². The lowest BCUT2D eigenvalue weighted by molar-refractivity contribution is -0.131. The van der Waals surface area contributed by atoms with Gasteiger partial charge in [0.1, 0.15) is 0 Å². The van der Waals surface area contributed by atoms with E-state index in [1.807, 2.05) is 0 Å². The molecular weight excluding hydrogens is 476 g/mol. The Kier molecular flexibility index (Phi) is 6.13. The number of nitrogens with zero attached hydrogens (tertiary/aromatic N) is 1. The number of aromatic nitrogens is 1. The maximum absolute atomic E-state index is 13.3. The number of anilines is 1. The van der Waals surface area contributed by atoms with Crippen molar-refractivity contribution >= 4 is 48.4 Å². The van der Waals surface area contributed by atoms with E-state index in [9.17, 15) is 23.1 Å². The molecule has 0 saturated heterocycles. The van der Waals surface area contributed by atoms with Crippen LogP contribution in [-0.2, 0) is 19.4 Å². The molecule has 5 rings (SSSR count). The third kappa shape index (κ3) is 4.70. The topological polar surface area (TPSA) is 123 Å². The van der Waals surface area contributed by atoms with Crippen LogP contribution in [0.1, 0.15) is 60.6 Å². The molecule has 2 aromatic carbocycles. The summed E-state index contributed by atoms with van der Waals surface area (Å²) in [5, 5.41) is 12.0. The zero-order valence-corrected chi connectivity index (χ0v) is 19.9. The van der Waals surface area contributed by atoms with Crippen molar-refractivity contribution in [3.05, 3.63) is 53.6 Å². The Balaban J connectivity index is 1.39. The molecule has 10 heteroatoms. The van der Waals surface area contributed by atoms with Crippen LogP contribution in [0.4, 0.5) is 5.13 Å². The van der Waals surface area contributed by atoms with Crippen LogP contribution in [0.25, 0.3) is 10.2 Å². The highest BCUT2D eigenvalue weighted by Crippen LogP contribution is 2.35. The molecule has 0 aliphatic heterocycles. The highest BCUT2D eigenvalue weighted by atomic mass is 32.2. The molecule has 2 saturated carbocycles. The number of fused-ring (bicyclic) bond motifs is 1. The van der Waals surface area contributed by atoms with Gasteiger partial charge in [0.2, 0.25) is 0 Å². The van der Waals surface area contributed by atoms with Crippen molar-refractivity contribution in [2.75, 3.05) is 5.32 Å². The fourth-order valence-corrected chi connectivity index (χ4v) is 6.76. The largest absolute Gasteiger partial charge is 0.478 e. The van der Waals surface area contributed by atoms with Crippen molar-refractivity contribution in [3.63, 3.8) is 0 Å². The van der Waals surface area contributed by atoms with Crippen LogP contribution in [0, 0.1) is 0 Å². The van der Waals surface area contributed by atoms with Gasteiger partial charge in [0.05, 0.1) is 32.0 Å². The minimum absolute atomic E-state index is 0.0425. The van der Waals surface area contributed by atoms with E-state index in [0.29, 0.717) is 33.8 Å². The number of carbonyl (C=O) groups excluding carboxylic acids is 1. The summed E-state index contributed by atoms with van der Waals surface area (Å²) in [6.07, 6.45) is 4.25. The molecule has 1 heterocycles. The Morgan fingerprint density at radius 3 is 2.41 bits per heavy atom. The second kappa shape index (κ2) is 9.09. The molecule has 0 spiro atoms. The standard InChI is InChI=1S/C24H24N2O6S2/c27-22(26-24-25-19-12-7-15(23(28)29)13-20(19)33-24)21(32-16-3-1-2-4-16)14-5-8-17(9-6-14)34(30,31)18-10-11-18/h5-9,12-13,16,18,21H,1-4,10-11H2,(H,28,29)(H,25,26,27). The molecule has 8 nitrogen and oxygen atoms in total. The molecule has 2 N–H and O–H groups in total. The van der Waals surface area contributed by atoms with E-state index in [1.165, 1.54) is 23.5 Å². The summed E-state index contributed by atoms with van der Waals surface area (Å²) >= 11 is 1.19. The minimum atomic E-state index is -3.32. The van der Waals surface area contributed by atoms with E-state index < -0.39 is 27.8 Å².